The molecule has 0 aliphatic carbocycles. The fraction of sp³-hybridized carbons (Fsp3) is 0.529. The third-order valence-electron chi connectivity index (χ3n) is 4.18. The van der Waals surface area contributed by atoms with Crippen LogP contribution in [-0.2, 0) is 16.1 Å². The first kappa shape index (κ1) is 22.0. The first-order valence-electron chi connectivity index (χ1n) is 7.93. The lowest BCUT2D eigenvalue weighted by atomic mass is 10.2. The molecule has 2 unspecified atom stereocenters. The van der Waals surface area contributed by atoms with Crippen molar-refractivity contribution in [1.29, 1.82) is 0 Å². The van der Waals surface area contributed by atoms with Gasteiger partial charge in [-0.1, -0.05) is 30.3 Å². The number of hydrogen-bond donors (Lipinski definition) is 4. The summed E-state index contributed by atoms with van der Waals surface area (Å²) in [6.07, 6.45) is -4.53. The number of aliphatic hydroxyl groups is 2. The molecule has 4 N–H and O–H groups in total. The van der Waals surface area contributed by atoms with E-state index < -0.39 is 24.1 Å². The highest BCUT2D eigenvalue weighted by Crippen LogP contribution is 2.13. The molecule has 2 atom stereocenters. The largest absolute Gasteiger partial charge is 0.479 e. The van der Waals surface area contributed by atoms with Gasteiger partial charge >= 0.3 is 11.9 Å². The highest BCUT2D eigenvalue weighted by molar-refractivity contribution is 5.83. The number of aliphatic hydroxyl groups excluding tert-OH is 2. The van der Waals surface area contributed by atoms with Crippen LogP contribution in [0.3, 0.4) is 0 Å². The number of carboxylic acids is 2. The molecular weight excluding hydrogens is 314 g/mol. The Morgan fingerprint density at radius 2 is 1.25 bits per heavy atom. The molecule has 0 aliphatic heterocycles. The minimum absolute atomic E-state index is 1.17. The van der Waals surface area contributed by atoms with Crippen molar-refractivity contribution >= 4 is 11.9 Å². The lowest BCUT2D eigenvalue weighted by molar-refractivity contribution is -0.936. The molecule has 136 valence electrons. The van der Waals surface area contributed by atoms with Gasteiger partial charge in [-0.15, -0.1) is 0 Å². The van der Waals surface area contributed by atoms with Gasteiger partial charge in [-0.3, -0.25) is 0 Å². The Morgan fingerprint density at radius 1 is 0.875 bits per heavy atom. The summed E-state index contributed by atoms with van der Waals surface area (Å²) in [4.78, 5) is 19.5. The Hall–Kier alpha value is -1.96. The normalized spacial score (nSPS) is 13.4. The van der Waals surface area contributed by atoms with Crippen LogP contribution in [0.15, 0.2) is 30.3 Å². The summed E-state index contributed by atoms with van der Waals surface area (Å²) in [6, 6.07) is 10.8. The van der Waals surface area contributed by atoms with Crippen molar-refractivity contribution in [3.8, 4) is 0 Å². The Bertz CT molecular complexity index is 475. The summed E-state index contributed by atoms with van der Waals surface area (Å²) in [7, 11) is 0. The van der Waals surface area contributed by atoms with Crippen LogP contribution in [-0.4, -0.2) is 68.7 Å². The number of aliphatic carboxylic acids is 2. The van der Waals surface area contributed by atoms with E-state index in [0.29, 0.717) is 0 Å². The summed E-state index contributed by atoms with van der Waals surface area (Å²) < 4.78 is 1.20. The zero-order valence-corrected chi connectivity index (χ0v) is 14.4. The second kappa shape index (κ2) is 10.7. The minimum atomic E-state index is -2.27. The highest BCUT2D eigenvalue weighted by atomic mass is 16.4. The second-order valence-electron chi connectivity index (χ2n) is 5.50. The van der Waals surface area contributed by atoms with Crippen LogP contribution >= 0.6 is 0 Å². The molecule has 7 nitrogen and oxygen atoms in total. The third kappa shape index (κ3) is 7.08. The molecule has 0 saturated heterocycles. The number of carbonyl (C=O) groups is 2. The number of carboxylic acid groups (broad SMARTS) is 2. The van der Waals surface area contributed by atoms with E-state index in [4.69, 9.17) is 20.4 Å². The van der Waals surface area contributed by atoms with Gasteiger partial charge in [0.25, 0.3) is 0 Å². The molecule has 1 aromatic carbocycles. The Morgan fingerprint density at radius 3 is 1.54 bits per heavy atom. The number of rotatable bonds is 8. The number of nitrogens with zero attached hydrogens (tertiary/aromatic N) is 1. The van der Waals surface area contributed by atoms with E-state index in [-0.39, 0.29) is 0 Å². The van der Waals surface area contributed by atoms with Crippen molar-refractivity contribution in [1.82, 2.24) is 0 Å². The van der Waals surface area contributed by atoms with Gasteiger partial charge in [-0.2, -0.15) is 0 Å². The summed E-state index contributed by atoms with van der Waals surface area (Å²) in [5.74, 6) is -3.54. The summed E-state index contributed by atoms with van der Waals surface area (Å²) in [5, 5.41) is 32.5. The van der Waals surface area contributed by atoms with E-state index in [0.717, 1.165) is 0 Å². The topological polar surface area (TPSA) is 115 Å². The van der Waals surface area contributed by atoms with Crippen molar-refractivity contribution in [3.05, 3.63) is 35.9 Å². The monoisotopic (exact) mass is 342 g/mol. The first-order valence-corrected chi connectivity index (χ1v) is 7.93. The molecule has 1 rings (SSSR count). The fourth-order valence-corrected chi connectivity index (χ4v) is 2.25. The highest BCUT2D eigenvalue weighted by Gasteiger charge is 2.29. The van der Waals surface area contributed by atoms with Gasteiger partial charge in [-0.05, 0) is 20.8 Å². The van der Waals surface area contributed by atoms with Gasteiger partial charge in [0.2, 0.25) is 0 Å². The molecular formula is C17H28NO6+. The van der Waals surface area contributed by atoms with Crippen LogP contribution in [0.1, 0.15) is 26.3 Å². The zero-order valence-electron chi connectivity index (χ0n) is 14.4. The zero-order chi connectivity index (χ0) is 18.8. The van der Waals surface area contributed by atoms with Crippen LogP contribution in [0.5, 0.6) is 0 Å². The minimum Gasteiger partial charge on any atom is -0.479 e. The van der Waals surface area contributed by atoms with Crippen LogP contribution in [0.4, 0.5) is 0 Å². The average Bonchev–Trinajstić information content (AvgIpc) is 2.59. The SMILES string of the molecule is CC[N+](CC)(CC)Cc1ccccc1.O=C(O)C(O)C(O)C(=O)O. The summed E-state index contributed by atoms with van der Waals surface area (Å²) in [5.41, 5.74) is 1.46. The molecule has 0 fully saturated rings. The van der Waals surface area contributed by atoms with Crippen LogP contribution < -0.4 is 0 Å². The summed E-state index contributed by atoms with van der Waals surface area (Å²) >= 11 is 0. The lowest BCUT2D eigenvalue weighted by Crippen LogP contribution is -2.46. The maximum absolute atomic E-state index is 9.77. The average molecular weight is 342 g/mol. The summed E-state index contributed by atoms with van der Waals surface area (Å²) in [6.45, 7) is 11.7. The van der Waals surface area contributed by atoms with Gasteiger partial charge in [-0.25, -0.2) is 9.59 Å². The van der Waals surface area contributed by atoms with Crippen molar-refractivity contribution < 1.29 is 34.5 Å². The molecule has 0 amide bonds. The van der Waals surface area contributed by atoms with Crippen LogP contribution in [0.25, 0.3) is 0 Å². The molecule has 24 heavy (non-hydrogen) atoms. The Labute approximate surface area is 142 Å². The lowest BCUT2D eigenvalue weighted by Gasteiger charge is -2.35. The van der Waals surface area contributed by atoms with E-state index in [9.17, 15) is 9.59 Å². The van der Waals surface area contributed by atoms with E-state index in [1.54, 1.807) is 0 Å². The van der Waals surface area contributed by atoms with Gasteiger partial charge < -0.3 is 24.9 Å². The number of quaternary nitrogens is 1. The Kier molecular flexibility index (Phi) is 9.87. The van der Waals surface area contributed by atoms with Gasteiger partial charge in [0.05, 0.1) is 19.6 Å². The number of benzene rings is 1. The van der Waals surface area contributed by atoms with Crippen molar-refractivity contribution in [2.24, 2.45) is 0 Å². The van der Waals surface area contributed by atoms with E-state index >= 15 is 0 Å². The molecule has 0 aliphatic rings. The van der Waals surface area contributed by atoms with E-state index in [2.05, 4.69) is 51.1 Å². The molecule has 0 radical (unpaired) electrons. The fourth-order valence-electron chi connectivity index (χ4n) is 2.25. The molecule has 0 aromatic heterocycles. The third-order valence-corrected chi connectivity index (χ3v) is 4.18. The number of hydrogen-bond acceptors (Lipinski definition) is 4. The molecule has 7 heteroatoms. The maximum atomic E-state index is 9.77. The van der Waals surface area contributed by atoms with Crippen molar-refractivity contribution in [2.75, 3.05) is 19.6 Å². The van der Waals surface area contributed by atoms with Crippen LogP contribution in [0.2, 0.25) is 0 Å². The van der Waals surface area contributed by atoms with Gasteiger partial charge in [0, 0.05) is 5.56 Å². The smallest absolute Gasteiger partial charge is 0.335 e. The predicted molar refractivity (Wildman–Crippen MR) is 89.3 cm³/mol. The standard InChI is InChI=1S/C13H22N.C4H6O6/c1-4-14(5-2,6-3)12-13-10-8-7-9-11-13;5-1(3(7)8)2(6)4(9)10/h7-11H,4-6,12H2,1-3H3;1-2,5-6H,(H,7,8)(H,9,10)/q+1;. The molecule has 1 aromatic rings. The first-order chi connectivity index (χ1) is 11.2. The van der Waals surface area contributed by atoms with E-state index in [1.165, 1.54) is 36.2 Å². The molecule has 0 spiro atoms. The maximum Gasteiger partial charge on any atom is 0.335 e. The van der Waals surface area contributed by atoms with Crippen LogP contribution in [0, 0.1) is 0 Å². The second-order valence-corrected chi connectivity index (χ2v) is 5.50. The molecule has 0 saturated carbocycles. The van der Waals surface area contributed by atoms with Crippen molar-refractivity contribution in [2.45, 2.75) is 39.5 Å². The molecule has 0 bridgehead atoms. The van der Waals surface area contributed by atoms with E-state index in [1.807, 2.05) is 0 Å². The van der Waals surface area contributed by atoms with Gasteiger partial charge in [0.15, 0.2) is 12.2 Å². The predicted octanol–water partition coefficient (Wildman–Crippen LogP) is 0.940. The quantitative estimate of drug-likeness (QED) is 0.523. The van der Waals surface area contributed by atoms with Gasteiger partial charge in [0.1, 0.15) is 6.54 Å². The Balaban J connectivity index is 0.000000470. The molecule has 0 heterocycles. The van der Waals surface area contributed by atoms with Crippen molar-refractivity contribution in [3.63, 3.8) is 0 Å².